The van der Waals surface area contributed by atoms with Crippen LogP contribution in [-0.2, 0) is 11.2 Å². The van der Waals surface area contributed by atoms with E-state index in [0.29, 0.717) is 6.42 Å². The summed E-state index contributed by atoms with van der Waals surface area (Å²) in [5.41, 5.74) is 2.08. The first kappa shape index (κ1) is 16.4. The first-order valence-electron chi connectivity index (χ1n) is 8.44. The van der Waals surface area contributed by atoms with E-state index in [0.717, 1.165) is 56.1 Å². The number of carbonyl (C=O) groups is 1. The van der Waals surface area contributed by atoms with Crippen LogP contribution in [0, 0.1) is 6.92 Å². The van der Waals surface area contributed by atoms with Crippen molar-refractivity contribution in [2.75, 3.05) is 31.1 Å². The summed E-state index contributed by atoms with van der Waals surface area (Å²) in [7, 11) is 0. The van der Waals surface area contributed by atoms with Crippen LogP contribution in [-0.4, -0.2) is 52.2 Å². The Morgan fingerprint density at radius 1 is 1.04 bits per heavy atom. The molecule has 0 radical (unpaired) electrons. The van der Waals surface area contributed by atoms with Gasteiger partial charge < -0.3 is 9.80 Å². The van der Waals surface area contributed by atoms with Gasteiger partial charge in [-0.15, -0.1) is 5.10 Å². The molecule has 1 fully saturated rings. The van der Waals surface area contributed by atoms with Crippen molar-refractivity contribution in [2.24, 2.45) is 0 Å². The van der Waals surface area contributed by atoms with E-state index in [1.165, 1.54) is 0 Å². The van der Waals surface area contributed by atoms with E-state index in [1.807, 2.05) is 36.1 Å². The van der Waals surface area contributed by atoms with Crippen molar-refractivity contribution in [3.63, 3.8) is 0 Å². The molecule has 1 saturated heterocycles. The van der Waals surface area contributed by atoms with Crippen LogP contribution in [0.25, 0.3) is 0 Å². The largest absolute Gasteiger partial charge is 0.353 e. The molecule has 0 spiro atoms. The first-order chi connectivity index (χ1) is 11.7. The van der Waals surface area contributed by atoms with Gasteiger partial charge in [0, 0.05) is 45.0 Å². The highest BCUT2D eigenvalue weighted by Gasteiger charge is 2.19. The lowest BCUT2D eigenvalue weighted by Gasteiger charge is -2.22. The summed E-state index contributed by atoms with van der Waals surface area (Å²) >= 11 is 0. The standard InChI is InChI=1S/C18H23N5O/c1-15-3-5-17(21-20-15)22-11-2-12-23(14-13-22)18(24)6-4-16-7-9-19-10-8-16/h3,5,7-10H,2,4,6,11-14H2,1H3. The van der Waals surface area contributed by atoms with Gasteiger partial charge in [0.2, 0.25) is 5.91 Å². The second kappa shape index (κ2) is 7.86. The smallest absolute Gasteiger partial charge is 0.222 e. The van der Waals surface area contributed by atoms with E-state index >= 15 is 0 Å². The maximum absolute atomic E-state index is 12.5. The Bertz CT molecular complexity index is 659. The van der Waals surface area contributed by atoms with Crippen LogP contribution in [0.5, 0.6) is 0 Å². The minimum absolute atomic E-state index is 0.226. The monoisotopic (exact) mass is 325 g/mol. The highest BCUT2D eigenvalue weighted by Crippen LogP contribution is 2.14. The minimum atomic E-state index is 0.226. The highest BCUT2D eigenvalue weighted by atomic mass is 16.2. The van der Waals surface area contributed by atoms with E-state index in [1.54, 1.807) is 12.4 Å². The lowest BCUT2D eigenvalue weighted by atomic mass is 10.1. The molecule has 0 N–H and O–H groups in total. The van der Waals surface area contributed by atoms with E-state index in [9.17, 15) is 4.79 Å². The number of rotatable bonds is 4. The van der Waals surface area contributed by atoms with E-state index in [4.69, 9.17) is 0 Å². The van der Waals surface area contributed by atoms with Crippen molar-refractivity contribution in [3.05, 3.63) is 47.9 Å². The number of nitrogens with zero attached hydrogens (tertiary/aromatic N) is 5. The lowest BCUT2D eigenvalue weighted by Crippen LogP contribution is -2.35. The van der Waals surface area contributed by atoms with Crippen LogP contribution in [0.1, 0.15) is 24.1 Å². The number of hydrogen-bond donors (Lipinski definition) is 0. The Labute approximate surface area is 142 Å². The number of anilines is 1. The Kier molecular flexibility index (Phi) is 5.36. The Morgan fingerprint density at radius 3 is 2.62 bits per heavy atom. The molecule has 6 nitrogen and oxygen atoms in total. The first-order valence-corrected chi connectivity index (χ1v) is 8.44. The van der Waals surface area contributed by atoms with Gasteiger partial charge in [-0.05, 0) is 49.6 Å². The second-order valence-corrected chi connectivity index (χ2v) is 6.11. The van der Waals surface area contributed by atoms with E-state index in [-0.39, 0.29) is 5.91 Å². The molecule has 0 aromatic carbocycles. The fourth-order valence-corrected chi connectivity index (χ4v) is 2.92. The van der Waals surface area contributed by atoms with Crippen LogP contribution in [0.3, 0.4) is 0 Å². The van der Waals surface area contributed by atoms with Crippen molar-refractivity contribution in [1.29, 1.82) is 0 Å². The molecule has 0 saturated carbocycles. The number of aryl methyl sites for hydroxylation is 2. The lowest BCUT2D eigenvalue weighted by molar-refractivity contribution is -0.130. The van der Waals surface area contributed by atoms with Gasteiger partial charge in [0.1, 0.15) is 0 Å². The SMILES string of the molecule is Cc1ccc(N2CCCN(C(=O)CCc3ccncc3)CC2)nn1. The molecule has 3 rings (SSSR count). The predicted octanol–water partition coefficient (Wildman–Crippen LogP) is 1.85. The molecule has 6 heteroatoms. The van der Waals surface area contributed by atoms with E-state index < -0.39 is 0 Å². The zero-order valence-corrected chi connectivity index (χ0v) is 14.1. The van der Waals surface area contributed by atoms with Crippen molar-refractivity contribution < 1.29 is 4.79 Å². The molecule has 0 aliphatic carbocycles. The van der Waals surface area contributed by atoms with Gasteiger partial charge in [-0.2, -0.15) is 5.10 Å². The number of amides is 1. The zero-order valence-electron chi connectivity index (χ0n) is 14.1. The Balaban J connectivity index is 1.53. The molecule has 3 heterocycles. The van der Waals surface area contributed by atoms with Gasteiger partial charge in [-0.25, -0.2) is 0 Å². The second-order valence-electron chi connectivity index (χ2n) is 6.11. The van der Waals surface area contributed by atoms with Crippen LogP contribution in [0.2, 0.25) is 0 Å². The normalized spacial score (nSPS) is 15.2. The summed E-state index contributed by atoms with van der Waals surface area (Å²) in [6.07, 6.45) is 5.81. The van der Waals surface area contributed by atoms with Crippen LogP contribution < -0.4 is 4.90 Å². The van der Waals surface area contributed by atoms with Gasteiger partial charge >= 0.3 is 0 Å². The van der Waals surface area contributed by atoms with Gasteiger partial charge in [0.25, 0.3) is 0 Å². The molecular weight excluding hydrogens is 302 g/mol. The molecule has 0 bridgehead atoms. The zero-order chi connectivity index (χ0) is 16.8. The molecular formula is C18H23N5O. The van der Waals surface area contributed by atoms with Crippen molar-refractivity contribution in [3.8, 4) is 0 Å². The molecule has 2 aromatic rings. The third kappa shape index (κ3) is 4.28. The van der Waals surface area contributed by atoms with Crippen molar-refractivity contribution in [2.45, 2.75) is 26.2 Å². The molecule has 0 atom stereocenters. The molecule has 126 valence electrons. The van der Waals surface area contributed by atoms with Crippen molar-refractivity contribution >= 4 is 11.7 Å². The number of carbonyl (C=O) groups excluding carboxylic acids is 1. The van der Waals surface area contributed by atoms with E-state index in [2.05, 4.69) is 20.1 Å². The molecule has 0 unspecified atom stereocenters. The number of hydrogen-bond acceptors (Lipinski definition) is 5. The quantitative estimate of drug-likeness (QED) is 0.858. The molecule has 1 aliphatic rings. The van der Waals surface area contributed by atoms with Crippen LogP contribution >= 0.6 is 0 Å². The van der Waals surface area contributed by atoms with Crippen LogP contribution in [0.15, 0.2) is 36.7 Å². The topological polar surface area (TPSA) is 62.2 Å². The Hall–Kier alpha value is -2.50. The predicted molar refractivity (Wildman–Crippen MR) is 92.7 cm³/mol. The molecule has 1 amide bonds. The molecule has 2 aromatic heterocycles. The van der Waals surface area contributed by atoms with Gasteiger partial charge in [0.15, 0.2) is 5.82 Å². The maximum Gasteiger partial charge on any atom is 0.222 e. The molecule has 1 aliphatic heterocycles. The average molecular weight is 325 g/mol. The summed E-state index contributed by atoms with van der Waals surface area (Å²) in [6, 6.07) is 7.91. The van der Waals surface area contributed by atoms with Crippen molar-refractivity contribution in [1.82, 2.24) is 20.1 Å². The Morgan fingerprint density at radius 2 is 1.88 bits per heavy atom. The summed E-state index contributed by atoms with van der Waals surface area (Å²) in [4.78, 5) is 20.7. The van der Waals surface area contributed by atoms with Gasteiger partial charge in [-0.3, -0.25) is 9.78 Å². The third-order valence-corrected chi connectivity index (χ3v) is 4.33. The summed E-state index contributed by atoms with van der Waals surface area (Å²) in [6.45, 7) is 5.20. The number of aromatic nitrogens is 3. The highest BCUT2D eigenvalue weighted by molar-refractivity contribution is 5.76. The maximum atomic E-state index is 12.5. The number of pyridine rings is 1. The minimum Gasteiger partial charge on any atom is -0.353 e. The fourth-order valence-electron chi connectivity index (χ4n) is 2.92. The van der Waals surface area contributed by atoms with Gasteiger partial charge in [-0.1, -0.05) is 0 Å². The third-order valence-electron chi connectivity index (χ3n) is 4.33. The van der Waals surface area contributed by atoms with Crippen LogP contribution in [0.4, 0.5) is 5.82 Å². The summed E-state index contributed by atoms with van der Waals surface area (Å²) < 4.78 is 0. The molecule has 24 heavy (non-hydrogen) atoms. The van der Waals surface area contributed by atoms with Gasteiger partial charge in [0.05, 0.1) is 5.69 Å². The summed E-state index contributed by atoms with van der Waals surface area (Å²) in [5, 5.41) is 8.38. The fraction of sp³-hybridized carbons (Fsp3) is 0.444. The average Bonchev–Trinajstić information content (AvgIpc) is 2.87. The summed E-state index contributed by atoms with van der Waals surface area (Å²) in [5.74, 6) is 1.12.